The van der Waals surface area contributed by atoms with Gasteiger partial charge in [-0.2, -0.15) is 0 Å². The van der Waals surface area contributed by atoms with E-state index in [9.17, 15) is 19.2 Å². The van der Waals surface area contributed by atoms with Crippen molar-refractivity contribution in [3.63, 3.8) is 0 Å². The highest BCUT2D eigenvalue weighted by atomic mass is 16.4. The van der Waals surface area contributed by atoms with E-state index in [4.69, 9.17) is 15.9 Å². The summed E-state index contributed by atoms with van der Waals surface area (Å²) in [5.74, 6) is -3.16. The van der Waals surface area contributed by atoms with E-state index in [1.807, 2.05) is 0 Å². The smallest absolute Gasteiger partial charge is 0.326 e. The van der Waals surface area contributed by atoms with E-state index in [0.717, 1.165) is 0 Å². The molecular weight excluding hydrogens is 268 g/mol. The van der Waals surface area contributed by atoms with Crippen LogP contribution in [0.15, 0.2) is 0 Å². The van der Waals surface area contributed by atoms with Gasteiger partial charge >= 0.3 is 11.9 Å². The SMILES string of the molecule is NC(=O)CCC(NC(=O)CCCCCC(=O)O)C(=O)O. The van der Waals surface area contributed by atoms with E-state index in [1.165, 1.54) is 0 Å². The van der Waals surface area contributed by atoms with Crippen LogP contribution < -0.4 is 11.1 Å². The molecule has 0 aromatic carbocycles. The van der Waals surface area contributed by atoms with Crippen LogP contribution in [0.4, 0.5) is 0 Å². The van der Waals surface area contributed by atoms with Crippen LogP contribution in [0.25, 0.3) is 0 Å². The van der Waals surface area contributed by atoms with Crippen molar-refractivity contribution < 1.29 is 29.4 Å². The van der Waals surface area contributed by atoms with E-state index >= 15 is 0 Å². The molecule has 0 saturated carbocycles. The van der Waals surface area contributed by atoms with Crippen molar-refractivity contribution in [3.8, 4) is 0 Å². The van der Waals surface area contributed by atoms with Crippen molar-refractivity contribution in [1.82, 2.24) is 5.32 Å². The lowest BCUT2D eigenvalue weighted by Gasteiger charge is -2.13. The summed E-state index contributed by atoms with van der Waals surface area (Å²) in [7, 11) is 0. The van der Waals surface area contributed by atoms with Crippen molar-refractivity contribution in [2.24, 2.45) is 5.73 Å². The molecule has 20 heavy (non-hydrogen) atoms. The fourth-order valence-corrected chi connectivity index (χ4v) is 1.55. The van der Waals surface area contributed by atoms with Gasteiger partial charge in [0.05, 0.1) is 0 Å². The number of nitrogens with one attached hydrogen (secondary N) is 1. The Morgan fingerprint density at radius 1 is 0.950 bits per heavy atom. The van der Waals surface area contributed by atoms with Gasteiger partial charge in [-0.15, -0.1) is 0 Å². The maximum atomic E-state index is 11.5. The van der Waals surface area contributed by atoms with Gasteiger partial charge in [-0.25, -0.2) is 4.79 Å². The van der Waals surface area contributed by atoms with Crippen molar-refractivity contribution in [2.75, 3.05) is 0 Å². The monoisotopic (exact) mass is 288 g/mol. The van der Waals surface area contributed by atoms with Gasteiger partial charge in [-0.05, 0) is 19.3 Å². The maximum Gasteiger partial charge on any atom is 0.326 e. The Morgan fingerprint density at radius 3 is 2.05 bits per heavy atom. The van der Waals surface area contributed by atoms with Gasteiger partial charge in [0, 0.05) is 19.3 Å². The zero-order chi connectivity index (χ0) is 15.5. The molecule has 5 N–H and O–H groups in total. The normalized spacial score (nSPS) is 11.6. The zero-order valence-electron chi connectivity index (χ0n) is 11.1. The Bertz CT molecular complexity index is 369. The third-order valence-electron chi connectivity index (χ3n) is 2.61. The minimum atomic E-state index is -1.22. The molecule has 0 radical (unpaired) electrons. The van der Waals surface area contributed by atoms with Crippen LogP contribution >= 0.6 is 0 Å². The van der Waals surface area contributed by atoms with E-state index in [0.29, 0.717) is 19.3 Å². The highest BCUT2D eigenvalue weighted by Crippen LogP contribution is 2.04. The number of carbonyl (C=O) groups is 4. The lowest BCUT2D eigenvalue weighted by atomic mass is 10.1. The number of carbonyl (C=O) groups excluding carboxylic acids is 2. The third kappa shape index (κ3) is 9.86. The Kier molecular flexibility index (Phi) is 8.73. The number of carboxylic acid groups (broad SMARTS) is 2. The molecule has 0 aliphatic heterocycles. The van der Waals surface area contributed by atoms with Gasteiger partial charge in [0.2, 0.25) is 11.8 Å². The average Bonchev–Trinajstić information content (AvgIpc) is 2.32. The number of aliphatic carboxylic acids is 2. The van der Waals surface area contributed by atoms with Gasteiger partial charge in [-0.1, -0.05) is 6.42 Å². The van der Waals surface area contributed by atoms with E-state index in [1.54, 1.807) is 0 Å². The molecule has 8 heteroatoms. The molecule has 0 aromatic heterocycles. The molecule has 0 saturated heterocycles. The molecule has 8 nitrogen and oxygen atoms in total. The van der Waals surface area contributed by atoms with Gasteiger partial charge < -0.3 is 21.3 Å². The molecule has 114 valence electrons. The molecule has 0 aliphatic rings. The van der Waals surface area contributed by atoms with Crippen LogP contribution in [-0.2, 0) is 19.2 Å². The van der Waals surface area contributed by atoms with Crippen LogP contribution in [-0.4, -0.2) is 40.0 Å². The van der Waals surface area contributed by atoms with Crippen molar-refractivity contribution in [2.45, 2.75) is 51.0 Å². The first-order valence-corrected chi connectivity index (χ1v) is 6.35. The molecule has 0 bridgehead atoms. The number of hydrogen-bond acceptors (Lipinski definition) is 4. The van der Waals surface area contributed by atoms with E-state index < -0.39 is 29.8 Å². The Balaban J connectivity index is 3.92. The van der Waals surface area contributed by atoms with Gasteiger partial charge in [0.15, 0.2) is 0 Å². The van der Waals surface area contributed by atoms with Crippen molar-refractivity contribution in [1.29, 1.82) is 0 Å². The maximum absolute atomic E-state index is 11.5. The minimum absolute atomic E-state index is 0.0462. The van der Waals surface area contributed by atoms with Crippen molar-refractivity contribution >= 4 is 23.8 Å². The second-order valence-corrected chi connectivity index (χ2v) is 4.42. The van der Waals surface area contributed by atoms with Crippen LogP contribution in [0.3, 0.4) is 0 Å². The summed E-state index contributed by atoms with van der Waals surface area (Å²) in [4.78, 5) is 43.2. The number of rotatable bonds is 11. The molecule has 0 rings (SSSR count). The molecule has 0 aliphatic carbocycles. The number of primary amides is 1. The lowest BCUT2D eigenvalue weighted by molar-refractivity contribution is -0.142. The molecule has 2 amide bonds. The van der Waals surface area contributed by atoms with Crippen LogP contribution in [0.5, 0.6) is 0 Å². The first-order valence-electron chi connectivity index (χ1n) is 6.35. The first-order chi connectivity index (χ1) is 9.32. The summed E-state index contributed by atoms with van der Waals surface area (Å²) in [5, 5.41) is 19.6. The molecule has 0 aromatic rings. The molecule has 0 fully saturated rings. The minimum Gasteiger partial charge on any atom is -0.481 e. The number of nitrogens with two attached hydrogens (primary N) is 1. The largest absolute Gasteiger partial charge is 0.481 e. The average molecular weight is 288 g/mol. The van der Waals surface area contributed by atoms with Crippen LogP contribution in [0, 0.1) is 0 Å². The van der Waals surface area contributed by atoms with Crippen LogP contribution in [0.1, 0.15) is 44.9 Å². The summed E-state index contributed by atoms with van der Waals surface area (Å²) >= 11 is 0. The van der Waals surface area contributed by atoms with Gasteiger partial charge in [0.1, 0.15) is 6.04 Å². The predicted molar refractivity (Wildman–Crippen MR) is 68.7 cm³/mol. The Morgan fingerprint density at radius 2 is 1.55 bits per heavy atom. The van der Waals surface area contributed by atoms with Gasteiger partial charge in [0.25, 0.3) is 0 Å². The number of unbranched alkanes of at least 4 members (excludes halogenated alkanes) is 2. The highest BCUT2D eigenvalue weighted by Gasteiger charge is 2.20. The van der Waals surface area contributed by atoms with Crippen LogP contribution in [0.2, 0.25) is 0 Å². The number of hydrogen-bond donors (Lipinski definition) is 4. The Hall–Kier alpha value is -2.12. The van der Waals surface area contributed by atoms with E-state index in [-0.39, 0.29) is 25.7 Å². The lowest BCUT2D eigenvalue weighted by Crippen LogP contribution is -2.41. The van der Waals surface area contributed by atoms with Gasteiger partial charge in [-0.3, -0.25) is 14.4 Å². The topological polar surface area (TPSA) is 147 Å². The van der Waals surface area contributed by atoms with Crippen molar-refractivity contribution in [3.05, 3.63) is 0 Å². The third-order valence-corrected chi connectivity index (χ3v) is 2.61. The molecule has 0 heterocycles. The molecule has 0 spiro atoms. The Labute approximate surface area is 116 Å². The molecule has 1 atom stereocenters. The second-order valence-electron chi connectivity index (χ2n) is 4.42. The quantitative estimate of drug-likeness (QED) is 0.389. The molecular formula is C12H20N2O6. The fourth-order valence-electron chi connectivity index (χ4n) is 1.55. The number of amides is 2. The summed E-state index contributed by atoms with van der Waals surface area (Å²) in [5.41, 5.74) is 4.92. The summed E-state index contributed by atoms with van der Waals surface area (Å²) in [6, 6.07) is -1.13. The number of carboxylic acids is 2. The fraction of sp³-hybridized carbons (Fsp3) is 0.667. The zero-order valence-corrected chi connectivity index (χ0v) is 11.1. The highest BCUT2D eigenvalue weighted by molar-refractivity contribution is 5.84. The molecule has 1 unspecified atom stereocenters. The standard InChI is InChI=1S/C12H20N2O6/c13-9(15)7-6-8(12(19)20)14-10(16)4-2-1-3-5-11(17)18/h8H,1-7H2,(H2,13,15)(H,14,16)(H,17,18)(H,19,20). The summed E-state index contributed by atoms with van der Waals surface area (Å²) < 4.78 is 0. The van der Waals surface area contributed by atoms with E-state index in [2.05, 4.69) is 5.32 Å². The summed E-state index contributed by atoms with van der Waals surface area (Å²) in [6.07, 6.45) is 1.57. The first kappa shape index (κ1) is 17.9. The second kappa shape index (κ2) is 9.76. The summed E-state index contributed by atoms with van der Waals surface area (Å²) in [6.45, 7) is 0. The predicted octanol–water partition coefficient (Wildman–Crippen LogP) is -0.144.